The predicted octanol–water partition coefficient (Wildman–Crippen LogP) is 5.16. The molecule has 1 aromatic carbocycles. The van der Waals surface area contributed by atoms with Crippen molar-refractivity contribution in [1.29, 1.82) is 0 Å². The van der Waals surface area contributed by atoms with Gasteiger partial charge in [0.25, 0.3) is 0 Å². The number of piperidine rings is 3. The summed E-state index contributed by atoms with van der Waals surface area (Å²) >= 11 is 0. The lowest BCUT2D eigenvalue weighted by molar-refractivity contribution is -0.976. The van der Waals surface area contributed by atoms with Crippen LogP contribution in [-0.4, -0.2) is 73.0 Å². The van der Waals surface area contributed by atoms with E-state index in [1.165, 1.54) is 44.2 Å². The van der Waals surface area contributed by atoms with Crippen LogP contribution in [0.25, 0.3) is 0 Å². The highest BCUT2D eigenvalue weighted by Crippen LogP contribution is 2.83. The number of benzene rings is 1. The summed E-state index contributed by atoms with van der Waals surface area (Å²) < 4.78 is 13.6. The average molecular weight is 725 g/mol. The van der Waals surface area contributed by atoms with Gasteiger partial charge in [0.15, 0.2) is 17.5 Å². The molecule has 1 aromatic rings. The fraction of sp³-hybridized carbons (Fsp3) is 0.756. The molecular formula is C45H62N3O5+. The van der Waals surface area contributed by atoms with Crippen molar-refractivity contribution in [2.75, 3.05) is 26.2 Å². The number of nitrogens with one attached hydrogen (secondary N) is 1. The SMILES string of the molecule is CCCC1CC(=O)C2OC(=O)C34C=C(CCC23C2(OC(=O)c3c(CCCN)cccc32)C4CCC)C2CC(C)CC3CCC4C5CC(CN1C5)C[NH+]4C32. The van der Waals surface area contributed by atoms with Crippen molar-refractivity contribution in [3.8, 4) is 0 Å². The van der Waals surface area contributed by atoms with Gasteiger partial charge in [0, 0.05) is 67.1 Å². The smallest absolute Gasteiger partial charge is 0.339 e. The summed E-state index contributed by atoms with van der Waals surface area (Å²) in [5, 5.41) is 0. The number of carbonyl (C=O) groups is 3. The Balaban J connectivity index is 1.19. The molecule has 3 N–H and O–H groups in total. The Kier molecular flexibility index (Phi) is 8.22. The van der Waals surface area contributed by atoms with Crippen molar-refractivity contribution < 1.29 is 28.8 Å². The maximum atomic E-state index is 15.3. The van der Waals surface area contributed by atoms with Crippen LogP contribution in [0.4, 0.5) is 0 Å². The minimum atomic E-state index is -1.08. The molecule has 15 unspecified atom stereocenters. The van der Waals surface area contributed by atoms with Gasteiger partial charge >= 0.3 is 11.9 Å². The number of carbonyl (C=O) groups excluding carboxylic acids is 3. The van der Waals surface area contributed by atoms with Gasteiger partial charge in [-0.25, -0.2) is 4.79 Å². The molecule has 13 rings (SSSR count). The first kappa shape index (κ1) is 34.9. The molecule has 8 nitrogen and oxygen atoms in total. The molecule has 10 bridgehead atoms. The Hall–Kier alpha value is -2.55. The molecule has 0 aromatic heterocycles. The zero-order valence-corrected chi connectivity index (χ0v) is 32.4. The number of hydrogen-bond donors (Lipinski definition) is 2. The molecule has 3 aliphatic carbocycles. The van der Waals surface area contributed by atoms with Crippen LogP contribution >= 0.6 is 0 Å². The Morgan fingerprint density at radius 2 is 1.87 bits per heavy atom. The molecule has 0 amide bonds. The number of Topliss-reactive ketones (excluding diaryl/α,β-unsaturated/α-hetero) is 1. The van der Waals surface area contributed by atoms with E-state index in [1.807, 2.05) is 11.0 Å². The van der Waals surface area contributed by atoms with Gasteiger partial charge in [0.1, 0.15) is 5.41 Å². The van der Waals surface area contributed by atoms with Gasteiger partial charge in [-0.05, 0) is 82.2 Å². The normalized spacial score (nSPS) is 47.3. The summed E-state index contributed by atoms with van der Waals surface area (Å²) in [6.07, 6.45) is 14.8. The number of esters is 2. The predicted molar refractivity (Wildman–Crippen MR) is 201 cm³/mol. The van der Waals surface area contributed by atoms with Crippen molar-refractivity contribution in [3.63, 3.8) is 0 Å². The van der Waals surface area contributed by atoms with Crippen LogP contribution < -0.4 is 10.6 Å². The minimum Gasteiger partial charge on any atom is -0.453 e. The second kappa shape index (κ2) is 12.5. The van der Waals surface area contributed by atoms with Gasteiger partial charge in [-0.3, -0.25) is 14.5 Å². The summed E-state index contributed by atoms with van der Waals surface area (Å²) in [4.78, 5) is 49.3. The van der Waals surface area contributed by atoms with Crippen LogP contribution in [0.3, 0.4) is 0 Å². The fourth-order valence-corrected chi connectivity index (χ4v) is 15.6. The van der Waals surface area contributed by atoms with Crippen molar-refractivity contribution in [2.24, 2.45) is 52.1 Å². The first-order valence-electron chi connectivity index (χ1n) is 21.8. The number of nitrogens with zero attached hydrogens (tertiary/aromatic N) is 1. The summed E-state index contributed by atoms with van der Waals surface area (Å²) in [6.45, 7) is 10.8. The van der Waals surface area contributed by atoms with E-state index in [-0.39, 0.29) is 29.7 Å². The highest BCUT2D eigenvalue weighted by molar-refractivity contribution is 6.01. The molecule has 6 saturated heterocycles. The third-order valence-corrected chi connectivity index (χ3v) is 17.0. The second-order valence-corrected chi connectivity index (χ2v) is 19.4. The first-order chi connectivity index (χ1) is 25.7. The topological polar surface area (TPSA) is 103 Å². The molecule has 9 heterocycles. The molecule has 12 aliphatic rings. The summed E-state index contributed by atoms with van der Waals surface area (Å²) in [5.74, 6) is 2.38. The highest BCUT2D eigenvalue weighted by Gasteiger charge is 2.92. The van der Waals surface area contributed by atoms with Crippen LogP contribution in [0.5, 0.6) is 0 Å². The minimum absolute atomic E-state index is 0.0385. The third-order valence-electron chi connectivity index (χ3n) is 17.0. The van der Waals surface area contributed by atoms with Gasteiger partial charge in [-0.1, -0.05) is 63.5 Å². The van der Waals surface area contributed by atoms with E-state index < -0.39 is 22.5 Å². The fourth-order valence-electron chi connectivity index (χ4n) is 15.6. The number of rotatable bonds is 7. The molecule has 8 fully saturated rings. The Morgan fingerprint density at radius 3 is 2.68 bits per heavy atom. The number of ketones is 1. The Morgan fingerprint density at radius 1 is 1.02 bits per heavy atom. The van der Waals surface area contributed by atoms with E-state index >= 15 is 9.59 Å². The molecule has 15 atom stereocenters. The number of hydrogen-bond acceptors (Lipinski definition) is 7. The Bertz CT molecular complexity index is 1740. The third kappa shape index (κ3) is 4.43. The summed E-state index contributed by atoms with van der Waals surface area (Å²) in [6, 6.07) is 7.59. The molecule has 2 spiro atoms. The zero-order chi connectivity index (χ0) is 36.4. The number of aryl methyl sites for hydroxylation is 1. The van der Waals surface area contributed by atoms with Gasteiger partial charge < -0.3 is 20.1 Å². The largest absolute Gasteiger partial charge is 0.453 e. The summed E-state index contributed by atoms with van der Waals surface area (Å²) in [7, 11) is 0. The van der Waals surface area contributed by atoms with Crippen molar-refractivity contribution in [3.05, 3.63) is 46.5 Å². The van der Waals surface area contributed by atoms with Crippen LogP contribution in [0.15, 0.2) is 29.8 Å². The second-order valence-electron chi connectivity index (χ2n) is 19.4. The van der Waals surface area contributed by atoms with Crippen molar-refractivity contribution >= 4 is 17.7 Å². The van der Waals surface area contributed by atoms with E-state index in [1.54, 1.807) is 0 Å². The van der Waals surface area contributed by atoms with E-state index in [0.717, 1.165) is 68.7 Å². The maximum Gasteiger partial charge on any atom is 0.339 e. The molecule has 8 heteroatoms. The number of nitrogens with two attached hydrogens (primary N) is 1. The van der Waals surface area contributed by atoms with Crippen LogP contribution in [0.1, 0.15) is 126 Å². The van der Waals surface area contributed by atoms with E-state index in [9.17, 15) is 4.79 Å². The van der Waals surface area contributed by atoms with Gasteiger partial charge in [0.05, 0.1) is 29.6 Å². The Labute approximate surface area is 315 Å². The molecule has 53 heavy (non-hydrogen) atoms. The zero-order valence-electron chi connectivity index (χ0n) is 32.4. The van der Waals surface area contributed by atoms with Crippen LogP contribution in [0, 0.1) is 46.3 Å². The van der Waals surface area contributed by atoms with Gasteiger partial charge in [-0.2, -0.15) is 0 Å². The first-order valence-corrected chi connectivity index (χ1v) is 21.8. The lowest BCUT2D eigenvalue weighted by Gasteiger charge is -2.70. The van der Waals surface area contributed by atoms with E-state index in [4.69, 9.17) is 15.2 Å². The molecule has 0 radical (unpaired) electrons. The van der Waals surface area contributed by atoms with E-state index in [0.29, 0.717) is 67.1 Å². The van der Waals surface area contributed by atoms with E-state index in [2.05, 4.69) is 43.9 Å². The molecule has 286 valence electrons. The van der Waals surface area contributed by atoms with Crippen LogP contribution in [0.2, 0.25) is 0 Å². The van der Waals surface area contributed by atoms with Gasteiger partial charge in [0.2, 0.25) is 0 Å². The molecular weight excluding hydrogens is 663 g/mol. The lowest BCUT2D eigenvalue weighted by Crippen LogP contribution is -3.24. The molecule has 9 aliphatic heterocycles. The van der Waals surface area contributed by atoms with Crippen molar-refractivity contribution in [2.45, 2.75) is 140 Å². The van der Waals surface area contributed by atoms with Crippen LogP contribution in [-0.2, 0) is 31.1 Å². The number of fused-ring (bicyclic) bond motifs is 2. The number of quaternary nitrogens is 1. The monoisotopic (exact) mass is 724 g/mol. The van der Waals surface area contributed by atoms with Gasteiger partial charge in [-0.15, -0.1) is 0 Å². The quantitative estimate of drug-likeness (QED) is 0.296. The number of ether oxygens (including phenoxy) is 2. The lowest BCUT2D eigenvalue weighted by atomic mass is 9.30. The standard InChI is InChI=1S/C45H61N3O5/c1-4-8-32-21-36(49)40-44-16-15-30(33-19-26(3)18-29-13-14-35-31-20-27(23-47(32)25-31)24-48(35)39(29)33)22-43(44,42(51)52-40)37(9-5-2)45(44)34-12-6-10-28(11-7-17-46)38(34)41(50)53-45/h6,10,12,22,26-27,29,31-33,35,37,39-40H,4-5,7-9,11,13-21,23-25,46H2,1-3H3/p+1. The highest BCUT2D eigenvalue weighted by atomic mass is 16.6. The van der Waals surface area contributed by atoms with Crippen molar-refractivity contribution in [1.82, 2.24) is 4.90 Å². The molecule has 2 saturated carbocycles. The average Bonchev–Trinajstić information content (AvgIpc) is 3.60. The maximum absolute atomic E-state index is 15.3. The summed E-state index contributed by atoms with van der Waals surface area (Å²) in [5.41, 5.74) is 6.88.